The van der Waals surface area contributed by atoms with Crippen LogP contribution in [0.3, 0.4) is 0 Å². The first kappa shape index (κ1) is 18.6. The summed E-state index contributed by atoms with van der Waals surface area (Å²) in [6.45, 7) is 2.47. The third-order valence-electron chi connectivity index (χ3n) is 4.06. The highest BCUT2D eigenvalue weighted by atomic mass is 32.8. The minimum absolute atomic E-state index is 0.322. The van der Waals surface area contributed by atoms with Crippen LogP contribution in [0.1, 0.15) is 22.3 Å². The quantitative estimate of drug-likeness (QED) is 0.667. The summed E-state index contributed by atoms with van der Waals surface area (Å²) in [5.41, 5.74) is 3.96. The van der Waals surface area contributed by atoms with Crippen molar-refractivity contribution in [1.82, 2.24) is 0 Å². The summed E-state index contributed by atoms with van der Waals surface area (Å²) in [6.07, 6.45) is 0.546. The maximum absolute atomic E-state index is 11.9. The van der Waals surface area contributed by atoms with E-state index in [2.05, 4.69) is 0 Å². The van der Waals surface area contributed by atoms with Crippen molar-refractivity contribution < 1.29 is 13.5 Å². The van der Waals surface area contributed by atoms with Crippen LogP contribution in [0, 0.1) is 6.92 Å². The molecule has 0 fully saturated rings. The molecule has 3 rings (SSSR count). The lowest BCUT2D eigenvalue weighted by atomic mass is 10.0. The van der Waals surface area contributed by atoms with Gasteiger partial charge in [0, 0.05) is 11.2 Å². The van der Waals surface area contributed by atoms with Gasteiger partial charge in [-0.25, -0.2) is 4.21 Å². The third-order valence-corrected chi connectivity index (χ3v) is 5.55. The van der Waals surface area contributed by atoms with Gasteiger partial charge in [-0.1, -0.05) is 60.2 Å². The molecule has 1 unspecified atom stereocenters. The molecule has 3 aromatic carbocycles. The summed E-state index contributed by atoms with van der Waals surface area (Å²) in [4.78, 5) is 0.322. The van der Waals surface area contributed by atoms with Crippen molar-refractivity contribution in [2.75, 3.05) is 0 Å². The summed E-state index contributed by atoms with van der Waals surface area (Å²) >= 11 is 4.76. The molecule has 0 heterocycles. The second-order valence-corrected chi connectivity index (χ2v) is 8.93. The molecular weight excluding hydrogens is 364 g/mol. The second-order valence-electron chi connectivity index (χ2n) is 6.18. The summed E-state index contributed by atoms with van der Waals surface area (Å²) < 4.78 is 27.5. The predicted molar refractivity (Wildman–Crippen MR) is 108 cm³/mol. The molecule has 0 aliphatic heterocycles. The molecule has 0 bridgehead atoms. The van der Waals surface area contributed by atoms with Gasteiger partial charge in [0.15, 0.2) is 8.77 Å². The molecule has 0 saturated heterocycles. The first-order chi connectivity index (χ1) is 12.4. The molecule has 0 aromatic heterocycles. The summed E-state index contributed by atoms with van der Waals surface area (Å²) in [5, 5.41) is 0. The highest BCUT2D eigenvalue weighted by Gasteiger charge is 2.12. The Kier molecular flexibility index (Phi) is 5.71. The standard InChI is InChI=1S/C21H20O3S2/c1-16-7-12-21(26(22,23)25)19(13-16)14-17-8-10-20(11-9-17)24-15-18-5-3-2-4-6-18/h2-13H,14-15H2,1H3,(H,22,23,25). The molecule has 0 radical (unpaired) electrons. The van der Waals surface area contributed by atoms with E-state index < -0.39 is 8.77 Å². The van der Waals surface area contributed by atoms with E-state index in [-0.39, 0.29) is 0 Å². The Bertz CT molecular complexity index is 980. The van der Waals surface area contributed by atoms with Crippen LogP contribution in [0.15, 0.2) is 77.7 Å². The van der Waals surface area contributed by atoms with Crippen molar-refractivity contribution in [3.05, 3.63) is 95.1 Å². The molecule has 0 saturated carbocycles. The smallest absolute Gasteiger partial charge is 0.171 e. The first-order valence-electron chi connectivity index (χ1n) is 8.24. The monoisotopic (exact) mass is 384 g/mol. The van der Waals surface area contributed by atoms with E-state index in [9.17, 15) is 8.76 Å². The molecule has 0 amide bonds. The molecule has 0 aliphatic carbocycles. The van der Waals surface area contributed by atoms with Crippen molar-refractivity contribution in [2.24, 2.45) is 0 Å². The van der Waals surface area contributed by atoms with Crippen LogP contribution in [-0.4, -0.2) is 8.76 Å². The van der Waals surface area contributed by atoms with Crippen LogP contribution >= 0.6 is 0 Å². The lowest BCUT2D eigenvalue weighted by Crippen LogP contribution is -2.03. The highest BCUT2D eigenvalue weighted by Crippen LogP contribution is 2.22. The lowest BCUT2D eigenvalue weighted by Gasteiger charge is -2.11. The number of aryl methyl sites for hydroxylation is 1. The maximum Gasteiger partial charge on any atom is 0.171 e. The SMILES string of the molecule is Cc1ccc(S(=O)(O)=S)c(Cc2ccc(OCc3ccccc3)cc2)c1. The first-order valence-corrected chi connectivity index (χ1v) is 10.7. The Morgan fingerprint density at radius 3 is 2.31 bits per heavy atom. The van der Waals surface area contributed by atoms with Crippen LogP contribution in [0.2, 0.25) is 0 Å². The molecule has 5 heteroatoms. The second kappa shape index (κ2) is 7.99. The summed E-state index contributed by atoms with van der Waals surface area (Å²) in [5.74, 6) is 0.788. The Morgan fingerprint density at radius 1 is 0.962 bits per heavy atom. The lowest BCUT2D eigenvalue weighted by molar-refractivity contribution is 0.306. The van der Waals surface area contributed by atoms with Gasteiger partial charge in [0.1, 0.15) is 12.4 Å². The molecule has 26 heavy (non-hydrogen) atoms. The number of hydrogen-bond acceptors (Lipinski definition) is 3. The topological polar surface area (TPSA) is 46.5 Å². The van der Waals surface area contributed by atoms with E-state index in [1.54, 1.807) is 6.07 Å². The summed E-state index contributed by atoms with van der Waals surface area (Å²) in [6, 6.07) is 23.1. The fourth-order valence-electron chi connectivity index (χ4n) is 2.76. The highest BCUT2D eigenvalue weighted by molar-refractivity contribution is 8.29. The number of rotatable bonds is 6. The third kappa shape index (κ3) is 4.91. The molecule has 1 N–H and O–H groups in total. The molecule has 0 aliphatic rings. The van der Waals surface area contributed by atoms with Crippen molar-refractivity contribution in [2.45, 2.75) is 24.8 Å². The normalized spacial score (nSPS) is 13.2. The molecule has 3 nitrogen and oxygen atoms in total. The van der Waals surface area contributed by atoms with Gasteiger partial charge in [0.2, 0.25) is 0 Å². The fraction of sp³-hybridized carbons (Fsp3) is 0.143. The van der Waals surface area contributed by atoms with Crippen LogP contribution in [0.5, 0.6) is 5.75 Å². The average Bonchev–Trinajstić information content (AvgIpc) is 2.61. The van der Waals surface area contributed by atoms with E-state index in [0.29, 0.717) is 17.9 Å². The van der Waals surface area contributed by atoms with Gasteiger partial charge in [0.05, 0.1) is 4.90 Å². The van der Waals surface area contributed by atoms with Crippen molar-refractivity contribution >= 4 is 20.0 Å². The molecule has 3 aromatic rings. The zero-order valence-corrected chi connectivity index (χ0v) is 16.1. The summed E-state index contributed by atoms with van der Waals surface area (Å²) in [7, 11) is -3.41. The molecule has 1 atom stereocenters. The van der Waals surface area contributed by atoms with Crippen molar-refractivity contribution in [1.29, 1.82) is 0 Å². The Hall–Kier alpha value is -2.21. The van der Waals surface area contributed by atoms with Crippen LogP contribution in [-0.2, 0) is 33.0 Å². The maximum atomic E-state index is 11.9. The van der Waals surface area contributed by atoms with Gasteiger partial charge in [-0.05, 0) is 48.2 Å². The van der Waals surface area contributed by atoms with Gasteiger partial charge >= 0.3 is 0 Å². The van der Waals surface area contributed by atoms with Gasteiger partial charge in [-0.15, -0.1) is 0 Å². The minimum atomic E-state index is -3.41. The van der Waals surface area contributed by atoms with Gasteiger partial charge < -0.3 is 9.29 Å². The fourth-order valence-corrected chi connectivity index (χ4v) is 3.95. The zero-order valence-electron chi connectivity index (χ0n) is 14.4. The van der Waals surface area contributed by atoms with Gasteiger partial charge in [-0.3, -0.25) is 0 Å². The Balaban J connectivity index is 1.73. The van der Waals surface area contributed by atoms with E-state index in [0.717, 1.165) is 28.0 Å². The number of hydrogen-bond donors (Lipinski definition) is 1. The zero-order chi connectivity index (χ0) is 18.6. The Morgan fingerprint density at radius 2 is 1.65 bits per heavy atom. The molecule has 134 valence electrons. The average molecular weight is 385 g/mol. The van der Waals surface area contributed by atoms with Crippen molar-refractivity contribution in [3.8, 4) is 5.75 Å². The number of ether oxygens (including phenoxy) is 1. The van der Waals surface area contributed by atoms with E-state index in [1.165, 1.54) is 0 Å². The minimum Gasteiger partial charge on any atom is -0.489 e. The van der Waals surface area contributed by atoms with Crippen molar-refractivity contribution in [3.63, 3.8) is 0 Å². The van der Waals surface area contributed by atoms with Gasteiger partial charge in [-0.2, -0.15) is 0 Å². The van der Waals surface area contributed by atoms with E-state index >= 15 is 0 Å². The Labute approximate surface area is 159 Å². The van der Waals surface area contributed by atoms with E-state index in [1.807, 2.05) is 73.7 Å². The molecular formula is C21H20O3S2. The predicted octanol–water partition coefficient (Wildman–Crippen LogP) is 4.74. The molecule has 0 spiro atoms. The van der Waals surface area contributed by atoms with Crippen LogP contribution in [0.25, 0.3) is 0 Å². The van der Waals surface area contributed by atoms with Gasteiger partial charge in [0.25, 0.3) is 0 Å². The largest absolute Gasteiger partial charge is 0.489 e. The van der Waals surface area contributed by atoms with Crippen LogP contribution < -0.4 is 4.74 Å². The number of benzene rings is 3. The van der Waals surface area contributed by atoms with E-state index in [4.69, 9.17) is 15.9 Å². The van der Waals surface area contributed by atoms with Crippen LogP contribution in [0.4, 0.5) is 0 Å².